The summed E-state index contributed by atoms with van der Waals surface area (Å²) in [5.41, 5.74) is 2.22. The third kappa shape index (κ3) is 5.28. The molecule has 1 saturated heterocycles. The van der Waals surface area contributed by atoms with Crippen molar-refractivity contribution in [3.8, 4) is 23.8 Å². The van der Waals surface area contributed by atoms with E-state index in [1.807, 2.05) is 19.1 Å². The molecule has 1 aliphatic rings. The lowest BCUT2D eigenvalue weighted by Gasteiger charge is -2.12. The maximum Gasteiger partial charge on any atom is 0.329 e. The lowest BCUT2D eigenvalue weighted by atomic mass is 10.1. The van der Waals surface area contributed by atoms with Gasteiger partial charge in [0.25, 0.3) is 5.91 Å². The first-order chi connectivity index (χ1) is 15.3. The normalized spacial score (nSPS) is 14.2. The fourth-order valence-corrected chi connectivity index (χ4v) is 3.51. The molecule has 164 valence electrons. The lowest BCUT2D eigenvalue weighted by Crippen LogP contribution is -2.38. The Kier molecular flexibility index (Phi) is 7.18. The van der Waals surface area contributed by atoms with Gasteiger partial charge in [-0.25, -0.2) is 9.69 Å². The topological polar surface area (TPSA) is 97.0 Å². The van der Waals surface area contributed by atoms with E-state index in [0.29, 0.717) is 27.2 Å². The summed E-state index contributed by atoms with van der Waals surface area (Å²) in [6, 6.07) is 9.82. The van der Waals surface area contributed by atoms with Gasteiger partial charge in [0, 0.05) is 5.69 Å². The molecule has 2 aromatic rings. The number of halogens is 1. The average Bonchev–Trinajstić information content (AvgIpc) is 3.01. The number of carbonyl (C=O) groups is 3. The zero-order chi connectivity index (χ0) is 23.3. The first kappa shape index (κ1) is 22.9. The highest BCUT2D eigenvalue weighted by Crippen LogP contribution is 2.37. The number of ether oxygens (including phenoxy) is 2. The van der Waals surface area contributed by atoms with Gasteiger partial charge in [0.1, 0.15) is 18.8 Å². The number of nitrogens with zero attached hydrogens (tertiary/aromatic N) is 1. The van der Waals surface area contributed by atoms with Crippen LogP contribution in [0.25, 0.3) is 6.08 Å². The largest absolute Gasteiger partial charge is 0.493 e. The SMILES string of the molecule is C#CCOc1c(Br)cc(/C=C2/NC(=O)N(CC(=O)Nc3ccc(C)cc3)C2=O)cc1OC. The Labute approximate surface area is 193 Å². The Morgan fingerprint density at radius 2 is 2.00 bits per heavy atom. The number of aryl methyl sites for hydroxylation is 1. The molecule has 2 N–H and O–H groups in total. The number of hydrogen-bond donors (Lipinski definition) is 2. The van der Waals surface area contributed by atoms with E-state index in [2.05, 4.69) is 32.5 Å². The van der Waals surface area contributed by atoms with Gasteiger partial charge in [0.05, 0.1) is 11.6 Å². The maximum atomic E-state index is 12.7. The number of urea groups is 1. The second-order valence-corrected chi connectivity index (χ2v) is 7.67. The number of carbonyl (C=O) groups excluding carboxylic acids is 3. The summed E-state index contributed by atoms with van der Waals surface area (Å²) in [5, 5.41) is 5.15. The average molecular weight is 498 g/mol. The number of imide groups is 1. The van der Waals surface area contributed by atoms with Crippen LogP contribution in [0.2, 0.25) is 0 Å². The van der Waals surface area contributed by atoms with Crippen molar-refractivity contribution >= 4 is 45.5 Å². The molecular formula is C23H20BrN3O5. The predicted molar refractivity (Wildman–Crippen MR) is 123 cm³/mol. The van der Waals surface area contributed by atoms with Crippen LogP contribution in [0.3, 0.4) is 0 Å². The smallest absolute Gasteiger partial charge is 0.329 e. The number of rotatable bonds is 7. The zero-order valence-corrected chi connectivity index (χ0v) is 19.0. The van der Waals surface area contributed by atoms with Gasteiger partial charge in [-0.15, -0.1) is 6.42 Å². The molecular weight excluding hydrogens is 478 g/mol. The van der Waals surface area contributed by atoms with Crippen molar-refractivity contribution in [2.75, 3.05) is 25.6 Å². The summed E-state index contributed by atoms with van der Waals surface area (Å²) in [6.07, 6.45) is 6.71. The van der Waals surface area contributed by atoms with Crippen LogP contribution in [0.1, 0.15) is 11.1 Å². The van der Waals surface area contributed by atoms with Gasteiger partial charge >= 0.3 is 6.03 Å². The van der Waals surface area contributed by atoms with E-state index in [1.54, 1.807) is 24.3 Å². The van der Waals surface area contributed by atoms with Crippen LogP contribution in [-0.4, -0.2) is 43.0 Å². The molecule has 1 fully saturated rings. The molecule has 1 heterocycles. The minimum Gasteiger partial charge on any atom is -0.493 e. The van der Waals surface area contributed by atoms with Gasteiger partial charge in [-0.3, -0.25) is 9.59 Å². The van der Waals surface area contributed by atoms with E-state index >= 15 is 0 Å². The van der Waals surface area contributed by atoms with Crippen LogP contribution < -0.4 is 20.1 Å². The van der Waals surface area contributed by atoms with Crippen molar-refractivity contribution in [2.45, 2.75) is 6.92 Å². The Bertz CT molecular complexity index is 1140. The van der Waals surface area contributed by atoms with Crippen molar-refractivity contribution in [1.29, 1.82) is 0 Å². The van der Waals surface area contributed by atoms with Gasteiger partial charge in [-0.2, -0.15) is 0 Å². The molecule has 3 rings (SSSR count). The van der Waals surface area contributed by atoms with E-state index < -0.39 is 24.4 Å². The Morgan fingerprint density at radius 1 is 1.28 bits per heavy atom. The Balaban J connectivity index is 1.75. The van der Waals surface area contributed by atoms with Gasteiger partial charge in [-0.05, 0) is 58.8 Å². The number of nitrogens with one attached hydrogen (secondary N) is 2. The minimum absolute atomic E-state index is 0.0318. The van der Waals surface area contributed by atoms with Crippen LogP contribution in [0.4, 0.5) is 10.5 Å². The van der Waals surface area contributed by atoms with Crippen LogP contribution in [0, 0.1) is 19.3 Å². The van der Waals surface area contributed by atoms with Crippen molar-refractivity contribution < 1.29 is 23.9 Å². The third-order valence-electron chi connectivity index (χ3n) is 4.46. The molecule has 0 atom stereocenters. The zero-order valence-electron chi connectivity index (χ0n) is 17.4. The summed E-state index contributed by atoms with van der Waals surface area (Å²) < 4.78 is 11.4. The van der Waals surface area contributed by atoms with E-state index in [-0.39, 0.29) is 12.3 Å². The van der Waals surface area contributed by atoms with E-state index in [9.17, 15) is 14.4 Å². The number of hydrogen-bond acceptors (Lipinski definition) is 5. The molecule has 4 amide bonds. The summed E-state index contributed by atoms with van der Waals surface area (Å²) in [7, 11) is 1.47. The van der Waals surface area contributed by atoms with E-state index in [1.165, 1.54) is 13.2 Å². The number of benzene rings is 2. The van der Waals surface area contributed by atoms with Crippen molar-refractivity contribution in [2.24, 2.45) is 0 Å². The third-order valence-corrected chi connectivity index (χ3v) is 5.05. The molecule has 2 aromatic carbocycles. The Morgan fingerprint density at radius 3 is 2.66 bits per heavy atom. The molecule has 0 aromatic heterocycles. The van der Waals surface area contributed by atoms with Crippen molar-refractivity contribution in [1.82, 2.24) is 10.2 Å². The quantitative estimate of drug-likeness (QED) is 0.347. The number of amides is 4. The van der Waals surface area contributed by atoms with Gasteiger partial charge < -0.3 is 20.1 Å². The fraction of sp³-hybridized carbons (Fsp3) is 0.174. The van der Waals surface area contributed by atoms with Crippen LogP contribution in [0.15, 0.2) is 46.6 Å². The van der Waals surface area contributed by atoms with E-state index in [4.69, 9.17) is 15.9 Å². The molecule has 0 bridgehead atoms. The highest BCUT2D eigenvalue weighted by molar-refractivity contribution is 9.10. The van der Waals surface area contributed by atoms with Crippen LogP contribution in [0.5, 0.6) is 11.5 Å². The first-order valence-electron chi connectivity index (χ1n) is 9.47. The molecule has 9 heteroatoms. The summed E-state index contributed by atoms with van der Waals surface area (Å²) in [5.74, 6) is 2.09. The summed E-state index contributed by atoms with van der Waals surface area (Å²) in [4.78, 5) is 38.1. The fourth-order valence-electron chi connectivity index (χ4n) is 2.94. The number of methoxy groups -OCH3 is 1. The molecule has 0 aliphatic carbocycles. The molecule has 8 nitrogen and oxygen atoms in total. The lowest BCUT2D eigenvalue weighted by molar-refractivity contribution is -0.127. The monoisotopic (exact) mass is 497 g/mol. The molecule has 32 heavy (non-hydrogen) atoms. The Hall–Kier alpha value is -3.77. The maximum absolute atomic E-state index is 12.7. The second kappa shape index (κ2) is 10.0. The molecule has 0 unspecified atom stereocenters. The molecule has 0 spiro atoms. The highest BCUT2D eigenvalue weighted by Gasteiger charge is 2.35. The molecule has 0 radical (unpaired) electrons. The summed E-state index contributed by atoms with van der Waals surface area (Å²) >= 11 is 3.39. The number of terminal acetylenes is 1. The summed E-state index contributed by atoms with van der Waals surface area (Å²) in [6.45, 7) is 1.57. The van der Waals surface area contributed by atoms with Gasteiger partial charge in [0.15, 0.2) is 11.5 Å². The van der Waals surface area contributed by atoms with E-state index in [0.717, 1.165) is 10.5 Å². The minimum atomic E-state index is -0.680. The van der Waals surface area contributed by atoms with Crippen molar-refractivity contribution in [3.63, 3.8) is 0 Å². The van der Waals surface area contributed by atoms with Gasteiger partial charge in [0.2, 0.25) is 5.91 Å². The van der Waals surface area contributed by atoms with Crippen LogP contribution in [-0.2, 0) is 9.59 Å². The molecule has 0 saturated carbocycles. The van der Waals surface area contributed by atoms with Crippen molar-refractivity contribution in [3.05, 3.63) is 57.7 Å². The second-order valence-electron chi connectivity index (χ2n) is 6.82. The van der Waals surface area contributed by atoms with Crippen LogP contribution >= 0.6 is 15.9 Å². The first-order valence-corrected chi connectivity index (χ1v) is 10.3. The molecule has 1 aliphatic heterocycles. The highest BCUT2D eigenvalue weighted by atomic mass is 79.9. The van der Waals surface area contributed by atoms with Gasteiger partial charge in [-0.1, -0.05) is 23.6 Å². The predicted octanol–water partition coefficient (Wildman–Crippen LogP) is 3.31. The standard InChI is InChI=1S/C23H20BrN3O5/c1-4-9-32-21-17(24)10-15(12-19(21)31-3)11-18-22(29)27(23(30)26-18)13-20(28)25-16-7-5-14(2)6-8-16/h1,5-8,10-12H,9,13H2,2-3H3,(H,25,28)(H,26,30)/b18-11+. The number of anilines is 1.